The first-order chi connectivity index (χ1) is 14.6. The van der Waals surface area contributed by atoms with Crippen LogP contribution in [0.3, 0.4) is 0 Å². The molecule has 2 N–H and O–H groups in total. The molecule has 2 aliphatic carbocycles. The number of piperidine rings is 1. The zero-order chi connectivity index (χ0) is 22.3. The van der Waals surface area contributed by atoms with E-state index in [1.807, 2.05) is 35.2 Å². The first kappa shape index (κ1) is 22.4. The fourth-order valence-electron chi connectivity index (χ4n) is 5.86. The summed E-state index contributed by atoms with van der Waals surface area (Å²) in [5.41, 5.74) is -0.221. The summed E-state index contributed by atoms with van der Waals surface area (Å²) < 4.78 is 28.8. The molecule has 1 saturated heterocycles. The number of Topliss-reactive ketones (excluding diaryl/α,β-unsaturated/α-hetero) is 1. The Balaban J connectivity index is 1.28. The fraction of sp³-hybridized carbons (Fsp3) is 0.652. The summed E-state index contributed by atoms with van der Waals surface area (Å²) in [5, 5.41) is 2.88. The van der Waals surface area contributed by atoms with Crippen LogP contribution in [0, 0.1) is 16.7 Å². The molecule has 1 aliphatic heterocycles. The van der Waals surface area contributed by atoms with E-state index in [1.165, 1.54) is 0 Å². The van der Waals surface area contributed by atoms with Crippen molar-refractivity contribution in [3.05, 3.63) is 30.3 Å². The Hall–Kier alpha value is -1.77. The summed E-state index contributed by atoms with van der Waals surface area (Å²) in [6.45, 7) is 5.73. The van der Waals surface area contributed by atoms with Gasteiger partial charge in [0.15, 0.2) is 0 Å². The van der Waals surface area contributed by atoms with E-state index in [0.717, 1.165) is 12.1 Å². The molecule has 2 atom stereocenters. The number of carbonyl (C=O) groups excluding carboxylic acids is 2. The molecular formula is C23H33N3O4S. The minimum Gasteiger partial charge on any atom is -0.325 e. The Morgan fingerprint density at radius 3 is 2.39 bits per heavy atom. The predicted octanol–water partition coefficient (Wildman–Crippen LogP) is 2.40. The maximum Gasteiger partial charge on any atom is 0.238 e. The van der Waals surface area contributed by atoms with Crippen LogP contribution in [-0.2, 0) is 19.6 Å². The van der Waals surface area contributed by atoms with Gasteiger partial charge in [0.05, 0.1) is 12.3 Å². The number of fused-ring (bicyclic) bond motifs is 2. The van der Waals surface area contributed by atoms with E-state index in [-0.39, 0.29) is 28.9 Å². The lowest BCUT2D eigenvalue weighted by Gasteiger charge is -2.37. The zero-order valence-electron chi connectivity index (χ0n) is 18.4. The Morgan fingerprint density at radius 2 is 1.81 bits per heavy atom. The Morgan fingerprint density at radius 1 is 1.13 bits per heavy atom. The van der Waals surface area contributed by atoms with Crippen LogP contribution >= 0.6 is 0 Å². The van der Waals surface area contributed by atoms with Crippen molar-refractivity contribution in [1.29, 1.82) is 0 Å². The van der Waals surface area contributed by atoms with Crippen LogP contribution in [0.5, 0.6) is 0 Å². The monoisotopic (exact) mass is 447 g/mol. The molecule has 2 saturated carbocycles. The Labute approximate surface area is 185 Å². The molecule has 3 aliphatic rings. The number of benzene rings is 1. The number of para-hydroxylation sites is 1. The maximum absolute atomic E-state index is 13.0. The first-order valence-corrected chi connectivity index (χ1v) is 12.9. The lowest BCUT2D eigenvalue weighted by Crippen LogP contribution is -2.50. The van der Waals surface area contributed by atoms with Gasteiger partial charge in [0.1, 0.15) is 5.78 Å². The lowest BCUT2D eigenvalue weighted by molar-refractivity contribution is -0.128. The average molecular weight is 448 g/mol. The van der Waals surface area contributed by atoms with E-state index in [2.05, 4.69) is 23.9 Å². The topological polar surface area (TPSA) is 95.6 Å². The molecule has 4 rings (SSSR count). The lowest BCUT2D eigenvalue weighted by atomic mass is 9.70. The standard InChI is InChI=1S/C23H33N3O4S/c1-22(2)17-8-11-23(22,20(27)14-17)16-31(29,30)25-19-9-12-26(13-10-19)15-21(28)24-18-6-4-3-5-7-18/h3-7,17,19,25H,8-16H2,1-2H3,(H,24,28). The van der Waals surface area contributed by atoms with Crippen molar-refractivity contribution in [2.45, 2.75) is 52.0 Å². The summed E-state index contributed by atoms with van der Waals surface area (Å²) in [6, 6.07) is 9.20. The van der Waals surface area contributed by atoms with Crippen molar-refractivity contribution in [3.63, 3.8) is 0 Å². The highest BCUT2D eigenvalue weighted by Gasteiger charge is 2.65. The molecule has 0 aromatic heterocycles. The second-order valence-corrected chi connectivity index (χ2v) is 11.8. The van der Waals surface area contributed by atoms with Crippen LogP contribution in [0.1, 0.15) is 46.0 Å². The van der Waals surface area contributed by atoms with Gasteiger partial charge in [-0.2, -0.15) is 0 Å². The van der Waals surface area contributed by atoms with E-state index in [0.29, 0.717) is 51.2 Å². The number of anilines is 1. The van der Waals surface area contributed by atoms with Crippen LogP contribution in [0.4, 0.5) is 5.69 Å². The highest BCUT2D eigenvalue weighted by molar-refractivity contribution is 7.89. The average Bonchev–Trinajstić information content (AvgIpc) is 3.04. The number of ketones is 1. The molecule has 0 radical (unpaired) electrons. The Bertz CT molecular complexity index is 939. The molecule has 1 aromatic rings. The first-order valence-electron chi connectivity index (χ1n) is 11.2. The third-order valence-electron chi connectivity index (χ3n) is 7.93. The third kappa shape index (κ3) is 4.43. The molecule has 170 valence electrons. The van der Waals surface area contributed by atoms with Crippen LogP contribution in [0.15, 0.2) is 30.3 Å². The van der Waals surface area contributed by atoms with Gasteiger partial charge >= 0.3 is 0 Å². The summed E-state index contributed by atoms with van der Waals surface area (Å²) >= 11 is 0. The molecule has 8 heteroatoms. The van der Waals surface area contributed by atoms with Gasteiger partial charge in [-0.15, -0.1) is 0 Å². The number of amides is 1. The minimum absolute atomic E-state index is 0.0675. The molecule has 0 spiro atoms. The van der Waals surface area contributed by atoms with Gasteiger partial charge in [0.2, 0.25) is 15.9 Å². The molecule has 1 heterocycles. The highest BCUT2D eigenvalue weighted by atomic mass is 32.2. The summed E-state index contributed by atoms with van der Waals surface area (Å²) in [6.07, 6.45) is 3.46. The molecule has 2 unspecified atom stereocenters. The number of rotatable bonds is 7. The fourth-order valence-corrected chi connectivity index (χ4v) is 8.02. The van der Waals surface area contributed by atoms with Crippen molar-refractivity contribution >= 4 is 27.4 Å². The smallest absolute Gasteiger partial charge is 0.238 e. The van der Waals surface area contributed by atoms with Crippen molar-refractivity contribution in [1.82, 2.24) is 9.62 Å². The van der Waals surface area contributed by atoms with Gasteiger partial charge in [-0.1, -0.05) is 32.0 Å². The number of nitrogens with zero attached hydrogens (tertiary/aromatic N) is 1. The van der Waals surface area contributed by atoms with E-state index >= 15 is 0 Å². The van der Waals surface area contributed by atoms with Crippen molar-refractivity contribution in [2.24, 2.45) is 16.7 Å². The quantitative estimate of drug-likeness (QED) is 0.669. The second kappa shape index (κ2) is 8.30. The van der Waals surface area contributed by atoms with Gasteiger partial charge in [-0.05, 0) is 49.1 Å². The third-order valence-corrected chi connectivity index (χ3v) is 9.50. The van der Waals surface area contributed by atoms with Crippen LogP contribution in [0.25, 0.3) is 0 Å². The van der Waals surface area contributed by atoms with Crippen LogP contribution < -0.4 is 10.0 Å². The van der Waals surface area contributed by atoms with E-state index < -0.39 is 15.4 Å². The molecule has 1 aromatic carbocycles. The minimum atomic E-state index is -3.56. The summed E-state index contributed by atoms with van der Waals surface area (Å²) in [7, 11) is -3.56. The molecule has 7 nitrogen and oxygen atoms in total. The van der Waals surface area contributed by atoms with Crippen LogP contribution in [-0.4, -0.2) is 56.4 Å². The van der Waals surface area contributed by atoms with Crippen LogP contribution in [0.2, 0.25) is 0 Å². The van der Waals surface area contributed by atoms with Crippen molar-refractivity contribution < 1.29 is 18.0 Å². The number of carbonyl (C=O) groups is 2. The number of nitrogens with one attached hydrogen (secondary N) is 2. The Kier molecular flexibility index (Phi) is 6.00. The predicted molar refractivity (Wildman–Crippen MR) is 120 cm³/mol. The van der Waals surface area contributed by atoms with Crippen molar-refractivity contribution in [3.8, 4) is 0 Å². The second-order valence-electron chi connectivity index (χ2n) is 10.0. The largest absolute Gasteiger partial charge is 0.325 e. The molecule has 31 heavy (non-hydrogen) atoms. The number of hydrogen-bond donors (Lipinski definition) is 2. The van der Waals surface area contributed by atoms with Gasteiger partial charge < -0.3 is 5.32 Å². The normalized spacial score (nSPS) is 28.7. The number of hydrogen-bond acceptors (Lipinski definition) is 5. The van der Waals surface area contributed by atoms with E-state index in [1.54, 1.807) is 0 Å². The number of likely N-dealkylation sites (tertiary alicyclic amines) is 1. The zero-order valence-corrected chi connectivity index (χ0v) is 19.2. The highest BCUT2D eigenvalue weighted by Crippen LogP contribution is 2.64. The maximum atomic E-state index is 13.0. The van der Waals surface area contributed by atoms with Crippen molar-refractivity contribution in [2.75, 3.05) is 30.7 Å². The molecule has 1 amide bonds. The molecule has 3 fully saturated rings. The van der Waals surface area contributed by atoms with E-state index in [4.69, 9.17) is 0 Å². The van der Waals surface area contributed by atoms with Gasteiger partial charge in [0, 0.05) is 36.7 Å². The summed E-state index contributed by atoms with van der Waals surface area (Å²) in [4.78, 5) is 27.0. The number of sulfonamides is 1. The van der Waals surface area contributed by atoms with E-state index in [9.17, 15) is 18.0 Å². The SMILES string of the molecule is CC1(C)C2CCC1(CS(=O)(=O)NC1CCN(CC(=O)Nc3ccccc3)CC1)C(=O)C2. The van der Waals surface area contributed by atoms with Gasteiger partial charge in [-0.25, -0.2) is 13.1 Å². The van der Waals surface area contributed by atoms with Gasteiger partial charge in [0.25, 0.3) is 0 Å². The van der Waals surface area contributed by atoms with Gasteiger partial charge in [-0.3, -0.25) is 14.5 Å². The molecule has 2 bridgehead atoms. The molecular weight excluding hydrogens is 414 g/mol. The summed E-state index contributed by atoms with van der Waals surface area (Å²) in [5.74, 6) is 0.267.